The van der Waals surface area contributed by atoms with Crippen LogP contribution in [0.3, 0.4) is 0 Å². The van der Waals surface area contributed by atoms with Crippen LogP contribution in [0.25, 0.3) is 0 Å². The Morgan fingerprint density at radius 2 is 2.64 bits per heavy atom. The van der Waals surface area contributed by atoms with Crippen LogP contribution in [0.4, 0.5) is 0 Å². The van der Waals surface area contributed by atoms with Crippen LogP contribution in [0.15, 0.2) is 11.2 Å². The van der Waals surface area contributed by atoms with Gasteiger partial charge in [-0.15, -0.1) is 5.10 Å². The maximum absolute atomic E-state index is 9.67. The summed E-state index contributed by atoms with van der Waals surface area (Å²) in [6.45, 7) is 0.433. The van der Waals surface area contributed by atoms with Crippen molar-refractivity contribution in [2.24, 2.45) is 12.0 Å². The van der Waals surface area contributed by atoms with Crippen molar-refractivity contribution in [1.29, 1.82) is 0 Å². The van der Waals surface area contributed by atoms with Gasteiger partial charge in [0.1, 0.15) is 0 Å². The Morgan fingerprint density at radius 3 is 3.18 bits per heavy atom. The van der Waals surface area contributed by atoms with Crippen LogP contribution in [0, 0.1) is 0 Å². The normalized spacial score (nSPS) is 9.18. The third kappa shape index (κ3) is 2.31. The first-order valence-electron chi connectivity index (χ1n) is 3.22. The van der Waals surface area contributed by atoms with Crippen LogP contribution < -0.4 is 0 Å². The second-order valence-electron chi connectivity index (χ2n) is 2.11. The second-order valence-corrected chi connectivity index (χ2v) is 2.11. The molecule has 1 aromatic rings. The van der Waals surface area contributed by atoms with E-state index in [9.17, 15) is 4.79 Å². The van der Waals surface area contributed by atoms with Gasteiger partial charge in [-0.3, -0.25) is 4.68 Å². The molecule has 0 unspecified atom stereocenters. The average molecular weight is 152 g/mol. The lowest BCUT2D eigenvalue weighted by molar-refractivity contribution is 0.563. The molecule has 0 aliphatic heterocycles. The van der Waals surface area contributed by atoms with Gasteiger partial charge in [0.2, 0.25) is 6.08 Å². The third-order valence-electron chi connectivity index (χ3n) is 1.19. The summed E-state index contributed by atoms with van der Waals surface area (Å²) in [5.74, 6) is 0. The molecule has 0 aromatic carbocycles. The first kappa shape index (κ1) is 7.63. The first-order chi connectivity index (χ1) is 5.33. The molecular formula is C6H8N4O. The molecule has 0 aliphatic carbocycles. The zero-order valence-electron chi connectivity index (χ0n) is 6.19. The van der Waals surface area contributed by atoms with Gasteiger partial charge in [-0.2, -0.15) is 0 Å². The standard InChI is InChI=1S/C6H8N4O/c1-10-4-6(8-9-10)2-3-7-5-11/h4H,2-3H2,1H3. The van der Waals surface area contributed by atoms with E-state index < -0.39 is 0 Å². The average Bonchev–Trinajstić information content (AvgIpc) is 2.37. The van der Waals surface area contributed by atoms with E-state index in [0.717, 1.165) is 5.69 Å². The number of aryl methyl sites for hydroxylation is 1. The molecule has 1 heterocycles. The topological polar surface area (TPSA) is 60.1 Å². The highest BCUT2D eigenvalue weighted by Crippen LogP contribution is 1.91. The number of isocyanates is 1. The molecule has 0 bridgehead atoms. The van der Waals surface area contributed by atoms with Crippen LogP contribution >= 0.6 is 0 Å². The molecule has 0 aliphatic rings. The highest BCUT2D eigenvalue weighted by Gasteiger charge is 1.95. The number of carbonyl (C=O) groups excluding carboxylic acids is 1. The summed E-state index contributed by atoms with van der Waals surface area (Å²) in [5.41, 5.74) is 0.839. The van der Waals surface area contributed by atoms with Gasteiger partial charge in [0, 0.05) is 19.7 Å². The maximum atomic E-state index is 9.67. The minimum Gasteiger partial charge on any atom is -0.255 e. The summed E-state index contributed by atoms with van der Waals surface area (Å²) in [6.07, 6.45) is 3.90. The van der Waals surface area contributed by atoms with E-state index in [-0.39, 0.29) is 0 Å². The predicted molar refractivity (Wildman–Crippen MR) is 37.7 cm³/mol. The summed E-state index contributed by atoms with van der Waals surface area (Å²) in [6, 6.07) is 0. The van der Waals surface area contributed by atoms with Crippen LogP contribution in [0.2, 0.25) is 0 Å². The number of hydrogen-bond acceptors (Lipinski definition) is 4. The second kappa shape index (κ2) is 3.63. The lowest BCUT2D eigenvalue weighted by atomic mass is 10.3. The SMILES string of the molecule is Cn1cc(CCN=C=O)nn1. The van der Waals surface area contributed by atoms with Gasteiger partial charge >= 0.3 is 0 Å². The fourth-order valence-electron chi connectivity index (χ4n) is 0.726. The predicted octanol–water partition coefficient (Wildman–Crippen LogP) is -0.307. The Kier molecular flexibility index (Phi) is 2.52. The highest BCUT2D eigenvalue weighted by molar-refractivity contribution is 5.32. The number of nitrogens with zero attached hydrogens (tertiary/aromatic N) is 4. The van der Waals surface area contributed by atoms with Crippen molar-refractivity contribution in [2.45, 2.75) is 6.42 Å². The molecule has 5 heteroatoms. The zero-order chi connectivity index (χ0) is 8.10. The zero-order valence-corrected chi connectivity index (χ0v) is 6.19. The van der Waals surface area contributed by atoms with Crippen molar-refractivity contribution in [1.82, 2.24) is 15.0 Å². The smallest absolute Gasteiger partial charge is 0.234 e. The summed E-state index contributed by atoms with van der Waals surface area (Å²) in [4.78, 5) is 13.1. The van der Waals surface area contributed by atoms with E-state index in [1.165, 1.54) is 6.08 Å². The third-order valence-corrected chi connectivity index (χ3v) is 1.19. The Bertz CT molecular complexity index is 274. The molecule has 0 saturated heterocycles. The van der Waals surface area contributed by atoms with E-state index in [1.807, 2.05) is 0 Å². The van der Waals surface area contributed by atoms with Crippen molar-refractivity contribution in [3.63, 3.8) is 0 Å². The van der Waals surface area contributed by atoms with Crippen molar-refractivity contribution >= 4 is 6.08 Å². The largest absolute Gasteiger partial charge is 0.255 e. The van der Waals surface area contributed by atoms with Crippen molar-refractivity contribution in [3.8, 4) is 0 Å². The first-order valence-corrected chi connectivity index (χ1v) is 3.22. The van der Waals surface area contributed by atoms with Gasteiger partial charge in [-0.25, -0.2) is 9.79 Å². The molecule has 58 valence electrons. The molecule has 0 radical (unpaired) electrons. The molecule has 11 heavy (non-hydrogen) atoms. The lowest BCUT2D eigenvalue weighted by Crippen LogP contribution is -1.88. The van der Waals surface area contributed by atoms with E-state index >= 15 is 0 Å². The van der Waals surface area contributed by atoms with Crippen LogP contribution in [-0.4, -0.2) is 27.6 Å². The summed E-state index contributed by atoms with van der Waals surface area (Å²) in [5, 5.41) is 7.53. The Morgan fingerprint density at radius 1 is 1.82 bits per heavy atom. The molecule has 5 nitrogen and oxygen atoms in total. The molecule has 1 aromatic heterocycles. The maximum Gasteiger partial charge on any atom is 0.234 e. The van der Waals surface area contributed by atoms with E-state index in [2.05, 4.69) is 15.3 Å². The molecule has 0 spiro atoms. The fourth-order valence-corrected chi connectivity index (χ4v) is 0.726. The van der Waals surface area contributed by atoms with E-state index in [1.54, 1.807) is 17.9 Å². The Hall–Kier alpha value is -1.48. The Balaban J connectivity index is 2.44. The van der Waals surface area contributed by atoms with Crippen LogP contribution in [0.5, 0.6) is 0 Å². The minimum absolute atomic E-state index is 0.433. The quantitative estimate of drug-likeness (QED) is 0.441. The number of aromatic nitrogens is 3. The van der Waals surface area contributed by atoms with E-state index in [0.29, 0.717) is 13.0 Å². The van der Waals surface area contributed by atoms with Gasteiger partial charge in [0.15, 0.2) is 0 Å². The summed E-state index contributed by atoms with van der Waals surface area (Å²) >= 11 is 0. The minimum atomic E-state index is 0.433. The molecule has 0 N–H and O–H groups in total. The fraction of sp³-hybridized carbons (Fsp3) is 0.500. The van der Waals surface area contributed by atoms with Gasteiger partial charge in [-0.05, 0) is 0 Å². The van der Waals surface area contributed by atoms with E-state index in [4.69, 9.17) is 0 Å². The van der Waals surface area contributed by atoms with Gasteiger partial charge < -0.3 is 0 Å². The van der Waals surface area contributed by atoms with Gasteiger partial charge in [0.25, 0.3) is 0 Å². The molecule has 1 rings (SSSR count). The summed E-state index contributed by atoms with van der Waals surface area (Å²) < 4.78 is 1.61. The van der Waals surface area contributed by atoms with Crippen LogP contribution in [0.1, 0.15) is 5.69 Å². The number of aliphatic imine (C=N–C) groups is 1. The number of rotatable bonds is 3. The molecule has 0 atom stereocenters. The van der Waals surface area contributed by atoms with Gasteiger partial charge in [0.05, 0.1) is 12.2 Å². The van der Waals surface area contributed by atoms with Crippen molar-refractivity contribution in [2.75, 3.05) is 6.54 Å². The number of hydrogen-bond donors (Lipinski definition) is 0. The van der Waals surface area contributed by atoms with Crippen LogP contribution in [-0.2, 0) is 18.3 Å². The molecule has 0 fully saturated rings. The molecular weight excluding hydrogens is 144 g/mol. The van der Waals surface area contributed by atoms with Gasteiger partial charge in [-0.1, -0.05) is 5.21 Å². The lowest BCUT2D eigenvalue weighted by Gasteiger charge is -1.84. The van der Waals surface area contributed by atoms with Crippen molar-refractivity contribution < 1.29 is 4.79 Å². The molecule has 0 amide bonds. The highest BCUT2D eigenvalue weighted by atomic mass is 16.1. The summed E-state index contributed by atoms with van der Waals surface area (Å²) in [7, 11) is 1.79. The molecule has 0 saturated carbocycles. The monoisotopic (exact) mass is 152 g/mol. The van der Waals surface area contributed by atoms with Crippen molar-refractivity contribution in [3.05, 3.63) is 11.9 Å². The Labute approximate surface area is 63.7 Å².